The molecule has 4 nitrogen and oxygen atoms in total. The van der Waals surface area contributed by atoms with E-state index in [-0.39, 0.29) is 5.56 Å². The molecule has 1 aromatic carbocycles. The van der Waals surface area contributed by atoms with Crippen LogP contribution in [0.1, 0.15) is 21.5 Å². The van der Waals surface area contributed by atoms with E-state index in [0.29, 0.717) is 18.8 Å². The van der Waals surface area contributed by atoms with Gasteiger partial charge in [0, 0.05) is 23.3 Å². The zero-order chi connectivity index (χ0) is 14.5. The van der Waals surface area contributed by atoms with Crippen molar-refractivity contribution in [2.75, 3.05) is 6.61 Å². The predicted octanol–water partition coefficient (Wildman–Crippen LogP) is 3.47. The maximum Gasteiger partial charge on any atom is 0.339 e. The summed E-state index contributed by atoms with van der Waals surface area (Å²) in [5, 5.41) is 9.22. The molecule has 1 heterocycles. The Balaban J connectivity index is 2.11. The lowest BCUT2D eigenvalue weighted by atomic mass is 10.1. The van der Waals surface area contributed by atoms with Crippen LogP contribution in [0.25, 0.3) is 0 Å². The maximum absolute atomic E-state index is 11.3. The summed E-state index contributed by atoms with van der Waals surface area (Å²) in [6.07, 6.45) is 4.16. The highest BCUT2D eigenvalue weighted by Crippen LogP contribution is 2.28. The molecular weight excluding hydrogens is 322 g/mol. The Kier molecular flexibility index (Phi) is 4.74. The minimum Gasteiger partial charge on any atom is -0.492 e. The summed E-state index contributed by atoms with van der Waals surface area (Å²) >= 11 is 3.29. The number of halogens is 1. The number of aryl methyl sites for hydroxylation is 1. The maximum atomic E-state index is 11.3. The van der Waals surface area contributed by atoms with Crippen LogP contribution in [0.2, 0.25) is 0 Å². The molecule has 0 radical (unpaired) electrons. The van der Waals surface area contributed by atoms with Crippen LogP contribution in [0.15, 0.2) is 41.1 Å². The zero-order valence-corrected chi connectivity index (χ0v) is 12.6. The molecule has 2 aromatic rings. The molecule has 5 heteroatoms. The normalized spacial score (nSPS) is 10.3. The molecule has 104 valence electrons. The van der Waals surface area contributed by atoms with Crippen LogP contribution in [0.5, 0.6) is 5.75 Å². The van der Waals surface area contributed by atoms with E-state index in [1.54, 1.807) is 18.5 Å². The van der Waals surface area contributed by atoms with Crippen LogP contribution in [0.4, 0.5) is 0 Å². The Labute approximate surface area is 125 Å². The molecule has 20 heavy (non-hydrogen) atoms. The minimum atomic E-state index is -0.992. The summed E-state index contributed by atoms with van der Waals surface area (Å²) in [5.74, 6) is -0.567. The lowest BCUT2D eigenvalue weighted by Crippen LogP contribution is -2.08. The second kappa shape index (κ2) is 6.52. The molecule has 0 bridgehead atoms. The second-order valence-corrected chi connectivity index (χ2v) is 5.27. The third-order valence-corrected chi connectivity index (χ3v) is 3.31. The van der Waals surface area contributed by atoms with E-state index < -0.39 is 5.97 Å². The number of aromatic nitrogens is 1. The van der Waals surface area contributed by atoms with Crippen molar-refractivity contribution >= 4 is 21.9 Å². The van der Waals surface area contributed by atoms with Crippen LogP contribution < -0.4 is 4.74 Å². The van der Waals surface area contributed by atoms with Gasteiger partial charge in [0.25, 0.3) is 0 Å². The first-order valence-electron chi connectivity index (χ1n) is 6.13. The largest absolute Gasteiger partial charge is 0.492 e. The fraction of sp³-hybridized carbons (Fsp3) is 0.200. The van der Waals surface area contributed by atoms with Crippen molar-refractivity contribution in [2.45, 2.75) is 13.3 Å². The third kappa shape index (κ3) is 3.57. The number of benzene rings is 1. The molecule has 0 fully saturated rings. The zero-order valence-electron chi connectivity index (χ0n) is 11.0. The third-order valence-electron chi connectivity index (χ3n) is 2.86. The average molecular weight is 336 g/mol. The molecule has 0 saturated heterocycles. The molecule has 0 saturated carbocycles. The highest BCUT2D eigenvalue weighted by molar-refractivity contribution is 9.10. The molecule has 0 atom stereocenters. The van der Waals surface area contributed by atoms with Gasteiger partial charge in [-0.1, -0.05) is 15.9 Å². The Morgan fingerprint density at radius 1 is 1.35 bits per heavy atom. The molecule has 0 spiro atoms. The van der Waals surface area contributed by atoms with Crippen molar-refractivity contribution in [3.63, 3.8) is 0 Å². The van der Waals surface area contributed by atoms with Crippen molar-refractivity contribution in [3.05, 3.63) is 57.8 Å². The van der Waals surface area contributed by atoms with E-state index in [4.69, 9.17) is 4.74 Å². The second-order valence-electron chi connectivity index (χ2n) is 4.36. The molecular formula is C15H14BrNO3. The van der Waals surface area contributed by atoms with Crippen LogP contribution in [-0.4, -0.2) is 22.7 Å². The van der Waals surface area contributed by atoms with Gasteiger partial charge in [0.15, 0.2) is 0 Å². The highest BCUT2D eigenvalue weighted by Gasteiger charge is 2.15. The lowest BCUT2D eigenvalue weighted by molar-refractivity contribution is 0.0692. The number of rotatable bonds is 5. The minimum absolute atomic E-state index is 0.173. The summed E-state index contributed by atoms with van der Waals surface area (Å²) in [6.45, 7) is 2.26. The van der Waals surface area contributed by atoms with E-state index in [1.165, 1.54) is 0 Å². The first kappa shape index (κ1) is 14.5. The molecule has 0 aliphatic carbocycles. The molecule has 1 N–H and O–H groups in total. The van der Waals surface area contributed by atoms with E-state index >= 15 is 0 Å². The number of hydrogen-bond acceptors (Lipinski definition) is 3. The van der Waals surface area contributed by atoms with Crippen molar-refractivity contribution in [3.8, 4) is 5.75 Å². The number of hydrogen-bond donors (Lipinski definition) is 1. The van der Waals surface area contributed by atoms with Crippen molar-refractivity contribution in [1.82, 2.24) is 4.98 Å². The Morgan fingerprint density at radius 2 is 2.05 bits per heavy atom. The fourth-order valence-electron chi connectivity index (χ4n) is 1.90. The van der Waals surface area contributed by atoms with Gasteiger partial charge in [0.2, 0.25) is 0 Å². The summed E-state index contributed by atoms with van der Waals surface area (Å²) in [6, 6.07) is 7.22. The first-order valence-corrected chi connectivity index (χ1v) is 6.92. The topological polar surface area (TPSA) is 59.4 Å². The molecule has 0 aliphatic heterocycles. The monoisotopic (exact) mass is 335 g/mol. The van der Waals surface area contributed by atoms with Crippen molar-refractivity contribution in [2.24, 2.45) is 0 Å². The summed E-state index contributed by atoms with van der Waals surface area (Å²) in [7, 11) is 0. The lowest BCUT2D eigenvalue weighted by Gasteiger charge is -2.12. The van der Waals surface area contributed by atoms with Crippen molar-refractivity contribution in [1.29, 1.82) is 0 Å². The van der Waals surface area contributed by atoms with E-state index in [2.05, 4.69) is 20.9 Å². The molecule has 2 rings (SSSR count). The number of aromatic carboxylic acids is 1. The summed E-state index contributed by atoms with van der Waals surface area (Å²) in [4.78, 5) is 15.2. The fourth-order valence-corrected chi connectivity index (χ4v) is 2.47. The molecule has 1 aromatic heterocycles. The van der Waals surface area contributed by atoms with Gasteiger partial charge in [-0.15, -0.1) is 0 Å². The average Bonchev–Trinajstić information content (AvgIpc) is 2.41. The number of carbonyl (C=O) groups is 1. The Bertz CT molecular complexity index is 614. The van der Waals surface area contributed by atoms with Crippen LogP contribution >= 0.6 is 15.9 Å². The Morgan fingerprint density at radius 3 is 2.70 bits per heavy atom. The van der Waals surface area contributed by atoms with Crippen LogP contribution in [0.3, 0.4) is 0 Å². The van der Waals surface area contributed by atoms with Crippen LogP contribution in [-0.2, 0) is 6.42 Å². The van der Waals surface area contributed by atoms with Crippen LogP contribution in [0, 0.1) is 6.92 Å². The number of ether oxygens (including phenoxy) is 1. The number of carboxylic acid groups (broad SMARTS) is 1. The number of nitrogens with zero attached hydrogens (tertiary/aromatic N) is 1. The summed E-state index contributed by atoms with van der Waals surface area (Å²) < 4.78 is 6.40. The number of carboxylic acids is 1. The first-order chi connectivity index (χ1) is 9.58. The molecule has 0 unspecified atom stereocenters. The highest BCUT2D eigenvalue weighted by atomic mass is 79.9. The number of pyridine rings is 1. The van der Waals surface area contributed by atoms with Gasteiger partial charge in [0.05, 0.1) is 6.61 Å². The quantitative estimate of drug-likeness (QED) is 0.908. The van der Waals surface area contributed by atoms with Gasteiger partial charge < -0.3 is 9.84 Å². The van der Waals surface area contributed by atoms with Gasteiger partial charge in [-0.3, -0.25) is 4.98 Å². The van der Waals surface area contributed by atoms with Gasteiger partial charge in [-0.2, -0.15) is 0 Å². The van der Waals surface area contributed by atoms with Gasteiger partial charge in [-0.05, 0) is 42.3 Å². The van der Waals surface area contributed by atoms with E-state index in [9.17, 15) is 9.90 Å². The Hall–Kier alpha value is -1.88. The predicted molar refractivity (Wildman–Crippen MR) is 79.3 cm³/mol. The summed E-state index contributed by atoms with van der Waals surface area (Å²) in [5.41, 5.74) is 2.07. The molecule has 0 amide bonds. The molecule has 0 aliphatic rings. The smallest absolute Gasteiger partial charge is 0.339 e. The van der Waals surface area contributed by atoms with E-state index in [0.717, 1.165) is 15.6 Å². The standard InChI is InChI=1S/C15H14BrNO3/c1-10-8-12(16)9-13(15(18)19)14(10)20-7-4-11-2-5-17-6-3-11/h2-3,5-6,8-9H,4,7H2,1H3,(H,18,19). The SMILES string of the molecule is Cc1cc(Br)cc(C(=O)O)c1OCCc1ccncc1. The van der Waals surface area contributed by atoms with Gasteiger partial charge in [0.1, 0.15) is 11.3 Å². The van der Waals surface area contributed by atoms with Crippen molar-refractivity contribution < 1.29 is 14.6 Å². The van der Waals surface area contributed by atoms with Gasteiger partial charge in [-0.25, -0.2) is 4.79 Å². The van der Waals surface area contributed by atoms with Gasteiger partial charge >= 0.3 is 5.97 Å². The van der Waals surface area contributed by atoms with E-state index in [1.807, 2.05) is 25.1 Å².